The number of hydrogen-bond acceptors (Lipinski definition) is 5. The Labute approximate surface area is 156 Å². The molecule has 1 heterocycles. The van der Waals surface area contributed by atoms with E-state index in [0.29, 0.717) is 12.3 Å². The molecule has 0 aliphatic carbocycles. The molecule has 3 aromatic rings. The number of ether oxygens (including phenoxy) is 1. The molecule has 0 radical (unpaired) electrons. The lowest BCUT2D eigenvalue weighted by molar-refractivity contribution is 0.0947. The molecule has 9 heteroatoms. The van der Waals surface area contributed by atoms with Crippen LogP contribution in [0.2, 0.25) is 0 Å². The smallest absolute Gasteiger partial charge is 0.274 e. The van der Waals surface area contributed by atoms with Crippen molar-refractivity contribution in [1.29, 1.82) is 0 Å². The molecule has 0 fully saturated rings. The number of benzene rings is 2. The molecule has 8 nitrogen and oxygen atoms in total. The first-order chi connectivity index (χ1) is 13.0. The van der Waals surface area contributed by atoms with Crippen molar-refractivity contribution in [2.45, 2.75) is 11.4 Å². The zero-order chi connectivity index (χ0) is 19.3. The van der Waals surface area contributed by atoms with Crippen molar-refractivity contribution in [1.82, 2.24) is 15.5 Å². The maximum absolute atomic E-state index is 12.5. The fraction of sp³-hybridized carbons (Fsp3) is 0.111. The van der Waals surface area contributed by atoms with Crippen LogP contribution in [-0.2, 0) is 16.6 Å². The number of nitrogens with zero attached hydrogens (tertiary/aromatic N) is 1. The van der Waals surface area contributed by atoms with Gasteiger partial charge < -0.3 is 10.1 Å². The Hall–Kier alpha value is -3.33. The van der Waals surface area contributed by atoms with Crippen LogP contribution in [0, 0.1) is 0 Å². The van der Waals surface area contributed by atoms with E-state index in [2.05, 4.69) is 20.2 Å². The quantitative estimate of drug-likeness (QED) is 0.576. The van der Waals surface area contributed by atoms with E-state index in [0.717, 1.165) is 5.56 Å². The standard InChI is InChI=1S/C18H18N4O4S/c1-26-14-7-9-15(10-8-14)27(24,25)22-16-12-20-21-17(16)18(23)19-11-13-5-3-2-4-6-13/h2-10,12,22H,11H2,1H3,(H,19,23)(H,20,21). The third kappa shape index (κ3) is 4.45. The summed E-state index contributed by atoms with van der Waals surface area (Å²) < 4.78 is 32.5. The van der Waals surface area contributed by atoms with Crippen molar-refractivity contribution >= 4 is 21.6 Å². The molecule has 0 bridgehead atoms. The number of methoxy groups -OCH3 is 1. The summed E-state index contributed by atoms with van der Waals surface area (Å²) in [4.78, 5) is 12.4. The summed E-state index contributed by atoms with van der Waals surface area (Å²) in [6, 6.07) is 15.3. The van der Waals surface area contributed by atoms with Gasteiger partial charge in [0.15, 0.2) is 5.69 Å². The highest BCUT2D eigenvalue weighted by atomic mass is 32.2. The van der Waals surface area contributed by atoms with E-state index in [1.807, 2.05) is 30.3 Å². The van der Waals surface area contributed by atoms with Crippen molar-refractivity contribution < 1.29 is 17.9 Å². The van der Waals surface area contributed by atoms with Gasteiger partial charge in [-0.2, -0.15) is 5.10 Å². The third-order valence-corrected chi connectivity index (χ3v) is 5.15. The highest BCUT2D eigenvalue weighted by Gasteiger charge is 2.21. The Balaban J connectivity index is 1.72. The van der Waals surface area contributed by atoms with Gasteiger partial charge in [-0.15, -0.1) is 0 Å². The number of amides is 1. The SMILES string of the molecule is COc1ccc(S(=O)(=O)Nc2c[nH]nc2C(=O)NCc2ccccc2)cc1. The molecule has 0 atom stereocenters. The number of H-pyrrole nitrogens is 1. The molecule has 1 aromatic heterocycles. The number of carbonyl (C=O) groups excluding carboxylic acids is 1. The van der Waals surface area contributed by atoms with Gasteiger partial charge >= 0.3 is 0 Å². The molecule has 1 amide bonds. The number of nitrogens with one attached hydrogen (secondary N) is 3. The summed E-state index contributed by atoms with van der Waals surface area (Å²) in [5, 5.41) is 9.07. The minimum absolute atomic E-state index is 0.0389. The first kappa shape index (κ1) is 18.5. The molecule has 0 aliphatic rings. The van der Waals surface area contributed by atoms with Crippen molar-refractivity contribution in [3.63, 3.8) is 0 Å². The largest absolute Gasteiger partial charge is 0.497 e. The number of rotatable bonds is 7. The van der Waals surface area contributed by atoms with Crippen molar-refractivity contribution in [3.8, 4) is 5.75 Å². The predicted octanol–water partition coefficient (Wildman–Crippen LogP) is 2.15. The van der Waals surface area contributed by atoms with Gasteiger partial charge in [0.25, 0.3) is 15.9 Å². The molecule has 3 rings (SSSR count). The fourth-order valence-corrected chi connectivity index (χ4v) is 3.42. The number of sulfonamides is 1. The van der Waals surface area contributed by atoms with Crippen LogP contribution >= 0.6 is 0 Å². The molecule has 0 spiro atoms. The van der Waals surface area contributed by atoms with Gasteiger partial charge in [0.2, 0.25) is 0 Å². The minimum atomic E-state index is -3.88. The van der Waals surface area contributed by atoms with Crippen molar-refractivity contribution in [2.75, 3.05) is 11.8 Å². The summed E-state index contributed by atoms with van der Waals surface area (Å²) in [5.41, 5.74) is 0.946. The van der Waals surface area contributed by atoms with E-state index in [-0.39, 0.29) is 16.3 Å². The van der Waals surface area contributed by atoms with E-state index in [1.54, 1.807) is 0 Å². The lowest BCUT2D eigenvalue weighted by atomic mass is 10.2. The van der Waals surface area contributed by atoms with Crippen LogP contribution in [0.5, 0.6) is 5.75 Å². The van der Waals surface area contributed by atoms with E-state index >= 15 is 0 Å². The monoisotopic (exact) mass is 386 g/mol. The van der Waals surface area contributed by atoms with Gasteiger partial charge in [0.05, 0.1) is 17.7 Å². The van der Waals surface area contributed by atoms with Crippen molar-refractivity contribution in [3.05, 3.63) is 72.1 Å². The first-order valence-electron chi connectivity index (χ1n) is 8.02. The lowest BCUT2D eigenvalue weighted by Gasteiger charge is -2.09. The summed E-state index contributed by atoms with van der Waals surface area (Å²) in [5.74, 6) is 0.0470. The zero-order valence-corrected chi connectivity index (χ0v) is 15.3. The second kappa shape index (κ2) is 7.92. The molecular formula is C18H18N4O4S. The van der Waals surface area contributed by atoms with Crippen LogP contribution in [0.4, 0.5) is 5.69 Å². The normalized spacial score (nSPS) is 11.0. The molecule has 0 aliphatic heterocycles. The van der Waals surface area contributed by atoms with Gasteiger partial charge in [-0.05, 0) is 29.8 Å². The van der Waals surface area contributed by atoms with Crippen molar-refractivity contribution in [2.24, 2.45) is 0 Å². The Morgan fingerprint density at radius 3 is 2.48 bits per heavy atom. The topological polar surface area (TPSA) is 113 Å². The van der Waals surface area contributed by atoms with Crippen LogP contribution in [0.3, 0.4) is 0 Å². The molecule has 0 saturated carbocycles. The fourth-order valence-electron chi connectivity index (χ4n) is 2.36. The summed E-state index contributed by atoms with van der Waals surface area (Å²) in [6.07, 6.45) is 1.32. The Bertz CT molecular complexity index is 1020. The third-order valence-electron chi connectivity index (χ3n) is 3.77. The lowest BCUT2D eigenvalue weighted by Crippen LogP contribution is -2.25. The first-order valence-corrected chi connectivity index (χ1v) is 9.50. The maximum Gasteiger partial charge on any atom is 0.274 e. The highest BCUT2D eigenvalue weighted by molar-refractivity contribution is 7.92. The number of aromatic nitrogens is 2. The number of anilines is 1. The number of aromatic amines is 1. The average molecular weight is 386 g/mol. The molecule has 3 N–H and O–H groups in total. The second-order valence-corrected chi connectivity index (χ2v) is 7.28. The Morgan fingerprint density at radius 1 is 1.11 bits per heavy atom. The summed E-state index contributed by atoms with van der Waals surface area (Å²) in [6.45, 7) is 0.303. The maximum atomic E-state index is 12.5. The van der Waals surface area contributed by atoms with E-state index < -0.39 is 15.9 Å². The molecule has 27 heavy (non-hydrogen) atoms. The van der Waals surface area contributed by atoms with Gasteiger partial charge in [-0.3, -0.25) is 14.6 Å². The molecular weight excluding hydrogens is 368 g/mol. The van der Waals surface area contributed by atoms with E-state index in [4.69, 9.17) is 4.74 Å². The highest BCUT2D eigenvalue weighted by Crippen LogP contribution is 2.20. The average Bonchev–Trinajstić information content (AvgIpc) is 3.14. The van der Waals surface area contributed by atoms with Crippen LogP contribution in [-0.4, -0.2) is 31.6 Å². The second-order valence-electron chi connectivity index (χ2n) is 5.60. The van der Waals surface area contributed by atoms with Gasteiger partial charge in [-0.25, -0.2) is 8.42 Å². The molecule has 140 valence electrons. The van der Waals surface area contributed by atoms with Crippen LogP contribution < -0.4 is 14.8 Å². The van der Waals surface area contributed by atoms with Gasteiger partial charge in [0.1, 0.15) is 5.75 Å². The minimum Gasteiger partial charge on any atom is -0.497 e. The summed E-state index contributed by atoms with van der Waals surface area (Å²) in [7, 11) is -2.38. The van der Waals surface area contributed by atoms with Crippen LogP contribution in [0.25, 0.3) is 0 Å². The van der Waals surface area contributed by atoms with Gasteiger partial charge in [-0.1, -0.05) is 30.3 Å². The van der Waals surface area contributed by atoms with E-state index in [1.165, 1.54) is 37.6 Å². The number of hydrogen-bond donors (Lipinski definition) is 3. The van der Waals surface area contributed by atoms with Gasteiger partial charge in [0, 0.05) is 12.7 Å². The molecule has 0 saturated heterocycles. The zero-order valence-electron chi connectivity index (χ0n) is 14.5. The summed E-state index contributed by atoms with van der Waals surface area (Å²) >= 11 is 0. The van der Waals surface area contributed by atoms with Crippen LogP contribution in [0.15, 0.2) is 65.7 Å². The molecule has 2 aromatic carbocycles. The Morgan fingerprint density at radius 2 is 1.81 bits per heavy atom. The van der Waals surface area contributed by atoms with E-state index in [9.17, 15) is 13.2 Å². The number of carbonyl (C=O) groups is 1. The van der Waals surface area contributed by atoms with Crippen LogP contribution in [0.1, 0.15) is 16.1 Å². The predicted molar refractivity (Wildman–Crippen MR) is 100 cm³/mol. The Kier molecular flexibility index (Phi) is 5.41. The molecule has 0 unspecified atom stereocenters.